The van der Waals surface area contributed by atoms with Gasteiger partial charge in [0.15, 0.2) is 0 Å². The molecule has 19 heavy (non-hydrogen) atoms. The zero-order chi connectivity index (χ0) is 14.6. The molecule has 0 saturated carbocycles. The van der Waals surface area contributed by atoms with Crippen molar-refractivity contribution >= 4 is 21.7 Å². The minimum atomic E-state index is -3.04. The van der Waals surface area contributed by atoms with Gasteiger partial charge in [0.25, 0.3) is 0 Å². The first-order chi connectivity index (χ1) is 8.80. The molecule has 1 heterocycles. The van der Waals surface area contributed by atoms with E-state index in [1.807, 2.05) is 13.8 Å². The molecule has 2 unspecified atom stereocenters. The fourth-order valence-electron chi connectivity index (χ4n) is 2.27. The maximum absolute atomic E-state index is 12.2. The van der Waals surface area contributed by atoms with Crippen LogP contribution in [0.2, 0.25) is 0 Å². The monoisotopic (exact) mass is 290 g/mol. The second kappa shape index (κ2) is 6.36. The van der Waals surface area contributed by atoms with Crippen LogP contribution in [0.3, 0.4) is 0 Å². The van der Waals surface area contributed by atoms with Crippen molar-refractivity contribution < 1.29 is 18.0 Å². The van der Waals surface area contributed by atoms with Crippen LogP contribution in [0.1, 0.15) is 33.1 Å². The first kappa shape index (κ1) is 15.9. The lowest BCUT2D eigenvalue weighted by atomic mass is 10.0. The second-order valence-electron chi connectivity index (χ2n) is 4.91. The summed E-state index contributed by atoms with van der Waals surface area (Å²) in [5.74, 6) is -0.221. The Hall–Kier alpha value is -1.11. The molecule has 0 spiro atoms. The van der Waals surface area contributed by atoms with Crippen molar-refractivity contribution in [1.82, 2.24) is 10.2 Å². The van der Waals surface area contributed by atoms with E-state index >= 15 is 0 Å². The van der Waals surface area contributed by atoms with Gasteiger partial charge in [0, 0.05) is 12.8 Å². The molecule has 0 aromatic heterocycles. The molecule has 0 bridgehead atoms. The Bertz CT molecular complexity index is 447. The number of amides is 2. The molecular formula is C12H22N2O4S. The highest BCUT2D eigenvalue weighted by Crippen LogP contribution is 2.15. The third kappa shape index (κ3) is 4.19. The van der Waals surface area contributed by atoms with Gasteiger partial charge in [-0.05, 0) is 19.3 Å². The van der Waals surface area contributed by atoms with Gasteiger partial charge in [-0.2, -0.15) is 0 Å². The maximum Gasteiger partial charge on any atom is 0.245 e. The number of rotatable bonds is 6. The molecule has 0 aromatic rings. The van der Waals surface area contributed by atoms with E-state index in [-0.39, 0.29) is 17.6 Å². The molecular weight excluding hydrogens is 268 g/mol. The molecule has 2 amide bonds. The summed E-state index contributed by atoms with van der Waals surface area (Å²) in [7, 11) is -3.04. The third-order valence-electron chi connectivity index (χ3n) is 3.29. The van der Waals surface area contributed by atoms with Crippen LogP contribution in [0.25, 0.3) is 0 Å². The summed E-state index contributed by atoms with van der Waals surface area (Å²) < 4.78 is 22.2. The summed E-state index contributed by atoms with van der Waals surface area (Å²) in [6, 6.07) is -0.955. The summed E-state index contributed by atoms with van der Waals surface area (Å²) >= 11 is 0. The molecule has 0 aromatic carbocycles. The fourth-order valence-corrected chi connectivity index (χ4v) is 2.92. The van der Waals surface area contributed by atoms with Crippen LogP contribution >= 0.6 is 0 Å². The molecule has 2 atom stereocenters. The van der Waals surface area contributed by atoms with Gasteiger partial charge in [0.2, 0.25) is 11.8 Å². The largest absolute Gasteiger partial charge is 0.343 e. The summed E-state index contributed by atoms with van der Waals surface area (Å²) in [4.78, 5) is 25.6. The highest BCUT2D eigenvalue weighted by molar-refractivity contribution is 7.90. The van der Waals surface area contributed by atoms with E-state index in [2.05, 4.69) is 5.32 Å². The molecule has 1 saturated heterocycles. The van der Waals surface area contributed by atoms with E-state index in [9.17, 15) is 18.0 Å². The summed E-state index contributed by atoms with van der Waals surface area (Å²) in [6.07, 6.45) is 2.62. The number of hydrogen-bond donors (Lipinski definition) is 1. The molecule has 7 heteroatoms. The molecule has 1 rings (SSSR count). The smallest absolute Gasteiger partial charge is 0.245 e. The molecule has 1 N–H and O–H groups in total. The molecule has 1 aliphatic heterocycles. The number of hydrogen-bond acceptors (Lipinski definition) is 4. The number of piperazine rings is 1. The molecule has 110 valence electrons. The Labute approximate surface area is 114 Å². The van der Waals surface area contributed by atoms with Crippen molar-refractivity contribution in [1.29, 1.82) is 0 Å². The summed E-state index contributed by atoms with van der Waals surface area (Å²) in [6.45, 7) is 3.99. The zero-order valence-corrected chi connectivity index (χ0v) is 12.5. The average molecular weight is 290 g/mol. The molecule has 1 fully saturated rings. The van der Waals surface area contributed by atoms with Gasteiger partial charge in [0.05, 0.1) is 5.75 Å². The minimum Gasteiger partial charge on any atom is -0.343 e. The van der Waals surface area contributed by atoms with E-state index in [1.165, 1.54) is 11.2 Å². The average Bonchev–Trinajstić information content (AvgIpc) is 2.31. The number of nitrogens with one attached hydrogen (secondary N) is 1. The van der Waals surface area contributed by atoms with Crippen LogP contribution in [-0.4, -0.2) is 55.8 Å². The third-order valence-corrected chi connectivity index (χ3v) is 4.32. The first-order valence-electron chi connectivity index (χ1n) is 6.58. The van der Waals surface area contributed by atoms with Crippen molar-refractivity contribution in [3.63, 3.8) is 0 Å². The Morgan fingerprint density at radius 2 is 1.84 bits per heavy atom. The van der Waals surface area contributed by atoms with Crippen LogP contribution in [0.15, 0.2) is 0 Å². The van der Waals surface area contributed by atoms with Crippen LogP contribution in [0.4, 0.5) is 0 Å². The van der Waals surface area contributed by atoms with E-state index in [0.717, 1.165) is 0 Å². The molecule has 6 nitrogen and oxygen atoms in total. The van der Waals surface area contributed by atoms with Crippen molar-refractivity contribution in [2.45, 2.75) is 45.2 Å². The first-order valence-corrected chi connectivity index (χ1v) is 8.64. The van der Waals surface area contributed by atoms with Crippen LogP contribution in [0.5, 0.6) is 0 Å². The lowest BCUT2D eigenvalue weighted by molar-refractivity contribution is -0.149. The number of carbonyl (C=O) groups excluding carboxylic acids is 2. The maximum atomic E-state index is 12.2. The topological polar surface area (TPSA) is 83.6 Å². The second-order valence-corrected chi connectivity index (χ2v) is 7.17. The Morgan fingerprint density at radius 3 is 2.32 bits per heavy atom. The lowest BCUT2D eigenvalue weighted by Crippen LogP contribution is -2.63. The lowest BCUT2D eigenvalue weighted by Gasteiger charge is -2.38. The quantitative estimate of drug-likeness (QED) is 0.742. The Kier molecular flexibility index (Phi) is 5.34. The van der Waals surface area contributed by atoms with E-state index in [0.29, 0.717) is 25.8 Å². The van der Waals surface area contributed by atoms with Gasteiger partial charge in [-0.15, -0.1) is 0 Å². The van der Waals surface area contributed by atoms with E-state index in [4.69, 9.17) is 0 Å². The predicted octanol–water partition coefficient (Wildman–Crippen LogP) is -0.0633. The normalized spacial score (nSPS) is 24.5. The Balaban J connectivity index is 2.74. The van der Waals surface area contributed by atoms with Crippen molar-refractivity contribution in [2.75, 3.05) is 18.6 Å². The number of sulfone groups is 1. The van der Waals surface area contributed by atoms with Gasteiger partial charge in [0.1, 0.15) is 21.9 Å². The number of nitrogens with zero attached hydrogens (tertiary/aromatic N) is 1. The molecule has 1 aliphatic rings. The summed E-state index contributed by atoms with van der Waals surface area (Å²) in [5, 5.41) is 2.71. The fraction of sp³-hybridized carbons (Fsp3) is 0.833. The van der Waals surface area contributed by atoms with Crippen LogP contribution < -0.4 is 5.32 Å². The SMILES string of the molecule is CCC1NC(=O)C(CC)N(CCCS(C)(=O)=O)C1=O. The number of carbonyl (C=O) groups is 2. The van der Waals surface area contributed by atoms with Crippen molar-refractivity contribution in [3.8, 4) is 0 Å². The highest BCUT2D eigenvalue weighted by atomic mass is 32.2. The van der Waals surface area contributed by atoms with Crippen molar-refractivity contribution in [2.24, 2.45) is 0 Å². The van der Waals surface area contributed by atoms with Gasteiger partial charge in [-0.1, -0.05) is 13.8 Å². The molecule has 0 aliphatic carbocycles. The zero-order valence-electron chi connectivity index (χ0n) is 11.7. The van der Waals surface area contributed by atoms with E-state index in [1.54, 1.807) is 0 Å². The predicted molar refractivity (Wildman–Crippen MR) is 72.3 cm³/mol. The van der Waals surface area contributed by atoms with Gasteiger partial charge < -0.3 is 10.2 Å². The van der Waals surface area contributed by atoms with Crippen LogP contribution in [-0.2, 0) is 19.4 Å². The highest BCUT2D eigenvalue weighted by Gasteiger charge is 2.38. The van der Waals surface area contributed by atoms with E-state index < -0.39 is 21.9 Å². The van der Waals surface area contributed by atoms with Gasteiger partial charge >= 0.3 is 0 Å². The molecule has 0 radical (unpaired) electrons. The standard InChI is InChI=1S/C12H22N2O4S/c1-4-9-12(16)14(7-6-8-19(3,17)18)10(5-2)11(15)13-9/h9-10H,4-8H2,1-3H3,(H,13,15). The van der Waals surface area contributed by atoms with Gasteiger partial charge in [-0.25, -0.2) is 8.42 Å². The van der Waals surface area contributed by atoms with Gasteiger partial charge in [-0.3, -0.25) is 9.59 Å². The Morgan fingerprint density at radius 1 is 1.21 bits per heavy atom. The van der Waals surface area contributed by atoms with Crippen LogP contribution in [0, 0.1) is 0 Å². The summed E-state index contributed by atoms with van der Waals surface area (Å²) in [5.41, 5.74) is 0. The minimum absolute atomic E-state index is 0.0334. The van der Waals surface area contributed by atoms with Crippen molar-refractivity contribution in [3.05, 3.63) is 0 Å².